The van der Waals surface area contributed by atoms with E-state index in [9.17, 15) is 0 Å². The summed E-state index contributed by atoms with van der Waals surface area (Å²) in [6, 6.07) is 10.4. The third kappa shape index (κ3) is 4.31. The summed E-state index contributed by atoms with van der Waals surface area (Å²) in [5.74, 6) is 0. The average Bonchev–Trinajstić information content (AvgIpc) is 3.10. The van der Waals surface area contributed by atoms with E-state index in [1.54, 1.807) is 11.3 Å². The molecule has 3 rings (SSSR count). The highest BCUT2D eigenvalue weighted by Crippen LogP contribution is 2.26. The molecule has 3 aromatic rings. The largest absolute Gasteiger partial charge is 0.326 e. The summed E-state index contributed by atoms with van der Waals surface area (Å²) in [6.07, 6.45) is 3.72. The van der Waals surface area contributed by atoms with E-state index in [0.717, 1.165) is 24.5 Å². The van der Waals surface area contributed by atoms with Crippen LogP contribution in [0.2, 0.25) is 0 Å². The van der Waals surface area contributed by atoms with Gasteiger partial charge in [0.1, 0.15) is 0 Å². The van der Waals surface area contributed by atoms with Gasteiger partial charge in [0.05, 0.1) is 11.4 Å². The topological polar surface area (TPSA) is 55.0 Å². The first-order valence-electron chi connectivity index (χ1n) is 8.48. The second-order valence-electron chi connectivity index (χ2n) is 6.23. The molecule has 4 nitrogen and oxygen atoms in total. The molecule has 3 aromatic heterocycles. The second kappa shape index (κ2) is 8.34. The van der Waals surface area contributed by atoms with Crippen LogP contribution in [0, 0.1) is 6.92 Å². The second-order valence-corrected chi connectivity index (χ2v) is 6.97. The van der Waals surface area contributed by atoms with E-state index in [4.69, 9.17) is 5.73 Å². The number of rotatable bonds is 7. The Balaban J connectivity index is 1.89. The van der Waals surface area contributed by atoms with Gasteiger partial charge in [0, 0.05) is 38.1 Å². The van der Waals surface area contributed by atoms with Crippen molar-refractivity contribution in [3.8, 4) is 0 Å². The molecule has 0 aromatic carbocycles. The first-order valence-corrected chi connectivity index (χ1v) is 9.42. The minimum atomic E-state index is 0.188. The Labute approximate surface area is 153 Å². The molecule has 0 aliphatic rings. The molecule has 0 aliphatic heterocycles. The summed E-state index contributed by atoms with van der Waals surface area (Å²) < 4.78 is 0. The van der Waals surface area contributed by atoms with Gasteiger partial charge in [0.2, 0.25) is 0 Å². The van der Waals surface area contributed by atoms with Gasteiger partial charge in [0.15, 0.2) is 0 Å². The SMILES string of the molecule is Cc1cccnc1CN(Cc1cscc1CN)C(C)c1ccccn1. The van der Waals surface area contributed by atoms with Crippen molar-refractivity contribution in [2.45, 2.75) is 39.5 Å². The fourth-order valence-electron chi connectivity index (χ4n) is 2.90. The average molecular weight is 353 g/mol. The molecular formula is C20H24N4S. The van der Waals surface area contributed by atoms with Gasteiger partial charge in [-0.25, -0.2) is 0 Å². The van der Waals surface area contributed by atoms with Crippen molar-refractivity contribution in [2.24, 2.45) is 5.73 Å². The molecule has 0 amide bonds. The fraction of sp³-hybridized carbons (Fsp3) is 0.300. The molecule has 3 heterocycles. The van der Waals surface area contributed by atoms with Gasteiger partial charge in [-0.2, -0.15) is 11.3 Å². The normalized spacial score (nSPS) is 12.5. The fourth-order valence-corrected chi connectivity index (χ4v) is 3.77. The lowest BCUT2D eigenvalue weighted by Crippen LogP contribution is -2.28. The summed E-state index contributed by atoms with van der Waals surface area (Å²) in [5.41, 5.74) is 11.8. The summed E-state index contributed by atoms with van der Waals surface area (Å²) in [5, 5.41) is 4.34. The van der Waals surface area contributed by atoms with Gasteiger partial charge in [-0.3, -0.25) is 14.9 Å². The zero-order valence-corrected chi connectivity index (χ0v) is 15.5. The standard InChI is InChI=1S/C20H24N4S/c1-15-6-5-9-23-20(15)12-24(11-18-14-25-13-17(18)10-21)16(2)19-7-3-4-8-22-19/h3-9,13-14,16H,10-12,21H2,1-2H3. The third-order valence-electron chi connectivity index (χ3n) is 4.56. The first kappa shape index (κ1) is 17.7. The Morgan fingerprint density at radius 1 is 1.04 bits per heavy atom. The Kier molecular flexibility index (Phi) is 5.91. The van der Waals surface area contributed by atoms with Crippen LogP contribution >= 0.6 is 11.3 Å². The molecular weight excluding hydrogens is 328 g/mol. The number of aromatic nitrogens is 2. The van der Waals surface area contributed by atoms with E-state index in [-0.39, 0.29) is 6.04 Å². The van der Waals surface area contributed by atoms with Crippen molar-refractivity contribution < 1.29 is 0 Å². The molecule has 0 saturated heterocycles. The molecule has 5 heteroatoms. The summed E-state index contributed by atoms with van der Waals surface area (Å²) in [7, 11) is 0. The van der Waals surface area contributed by atoms with Gasteiger partial charge in [0.25, 0.3) is 0 Å². The lowest BCUT2D eigenvalue weighted by Gasteiger charge is -2.29. The smallest absolute Gasteiger partial charge is 0.0573 e. The van der Waals surface area contributed by atoms with E-state index in [1.807, 2.05) is 30.6 Å². The van der Waals surface area contributed by atoms with Gasteiger partial charge in [-0.1, -0.05) is 12.1 Å². The van der Waals surface area contributed by atoms with Crippen molar-refractivity contribution in [3.63, 3.8) is 0 Å². The molecule has 0 saturated carbocycles. The maximum absolute atomic E-state index is 5.90. The van der Waals surface area contributed by atoms with Crippen molar-refractivity contribution >= 4 is 11.3 Å². The lowest BCUT2D eigenvalue weighted by molar-refractivity contribution is 0.185. The predicted molar refractivity (Wildman–Crippen MR) is 103 cm³/mol. The highest BCUT2D eigenvalue weighted by molar-refractivity contribution is 7.08. The maximum atomic E-state index is 5.90. The summed E-state index contributed by atoms with van der Waals surface area (Å²) >= 11 is 1.71. The molecule has 0 aliphatic carbocycles. The van der Waals surface area contributed by atoms with Crippen LogP contribution < -0.4 is 5.73 Å². The highest BCUT2D eigenvalue weighted by atomic mass is 32.1. The van der Waals surface area contributed by atoms with Crippen molar-refractivity contribution in [1.82, 2.24) is 14.9 Å². The van der Waals surface area contributed by atoms with E-state index in [0.29, 0.717) is 6.54 Å². The quantitative estimate of drug-likeness (QED) is 0.696. The Hall–Kier alpha value is -2.08. The van der Waals surface area contributed by atoms with Gasteiger partial charge < -0.3 is 5.73 Å². The van der Waals surface area contributed by atoms with Crippen molar-refractivity contribution in [1.29, 1.82) is 0 Å². The number of nitrogens with zero attached hydrogens (tertiary/aromatic N) is 3. The minimum absolute atomic E-state index is 0.188. The molecule has 1 atom stereocenters. The summed E-state index contributed by atoms with van der Waals surface area (Å²) in [4.78, 5) is 11.5. The van der Waals surface area contributed by atoms with Crippen LogP contribution in [0.4, 0.5) is 0 Å². The zero-order chi connectivity index (χ0) is 17.6. The van der Waals surface area contributed by atoms with E-state index in [1.165, 1.54) is 16.7 Å². The minimum Gasteiger partial charge on any atom is -0.326 e. The van der Waals surface area contributed by atoms with Crippen molar-refractivity contribution in [3.05, 3.63) is 81.6 Å². The van der Waals surface area contributed by atoms with E-state index >= 15 is 0 Å². The molecule has 1 unspecified atom stereocenters. The van der Waals surface area contributed by atoms with E-state index in [2.05, 4.69) is 51.6 Å². The zero-order valence-electron chi connectivity index (χ0n) is 14.7. The Morgan fingerprint density at radius 3 is 2.56 bits per heavy atom. The molecule has 0 radical (unpaired) electrons. The molecule has 130 valence electrons. The van der Waals surface area contributed by atoms with Crippen LogP contribution in [-0.4, -0.2) is 14.9 Å². The molecule has 0 fully saturated rings. The number of thiophene rings is 1. The van der Waals surface area contributed by atoms with Gasteiger partial charge >= 0.3 is 0 Å². The van der Waals surface area contributed by atoms with Crippen LogP contribution in [0.25, 0.3) is 0 Å². The summed E-state index contributed by atoms with van der Waals surface area (Å²) in [6.45, 7) is 6.51. The number of pyridine rings is 2. The van der Waals surface area contributed by atoms with Crippen LogP contribution in [0.5, 0.6) is 0 Å². The number of hydrogen-bond acceptors (Lipinski definition) is 5. The maximum Gasteiger partial charge on any atom is 0.0573 e. The third-order valence-corrected chi connectivity index (χ3v) is 5.40. The predicted octanol–water partition coefficient (Wildman–Crippen LogP) is 4.07. The van der Waals surface area contributed by atoms with Crippen LogP contribution in [-0.2, 0) is 19.6 Å². The Bertz CT molecular complexity index is 800. The van der Waals surface area contributed by atoms with Crippen LogP contribution in [0.15, 0.2) is 53.5 Å². The molecule has 0 spiro atoms. The number of aryl methyl sites for hydroxylation is 1. The molecule has 2 N–H and O–H groups in total. The van der Waals surface area contributed by atoms with Crippen LogP contribution in [0.1, 0.15) is 41.0 Å². The Morgan fingerprint density at radius 2 is 1.84 bits per heavy atom. The first-order chi connectivity index (χ1) is 12.2. The number of nitrogens with two attached hydrogens (primary N) is 1. The van der Waals surface area contributed by atoms with Crippen molar-refractivity contribution in [2.75, 3.05) is 0 Å². The van der Waals surface area contributed by atoms with Gasteiger partial charge in [-0.15, -0.1) is 0 Å². The molecule has 25 heavy (non-hydrogen) atoms. The molecule has 0 bridgehead atoms. The van der Waals surface area contributed by atoms with Gasteiger partial charge in [-0.05, 0) is 59.5 Å². The van der Waals surface area contributed by atoms with E-state index < -0.39 is 0 Å². The monoisotopic (exact) mass is 352 g/mol. The highest BCUT2D eigenvalue weighted by Gasteiger charge is 2.20. The number of hydrogen-bond donors (Lipinski definition) is 1. The lowest BCUT2D eigenvalue weighted by atomic mass is 10.1. The van der Waals surface area contributed by atoms with Crippen LogP contribution in [0.3, 0.4) is 0 Å².